The van der Waals surface area contributed by atoms with Crippen molar-refractivity contribution in [3.05, 3.63) is 58.2 Å². The van der Waals surface area contributed by atoms with Gasteiger partial charge in [-0.1, -0.05) is 24.1 Å². The van der Waals surface area contributed by atoms with E-state index in [1.54, 1.807) is 26.0 Å². The minimum Gasteiger partial charge on any atom is -0.504 e. The molecule has 0 saturated carbocycles. The van der Waals surface area contributed by atoms with E-state index in [0.29, 0.717) is 54.6 Å². The van der Waals surface area contributed by atoms with E-state index in [0.717, 1.165) is 5.57 Å². The normalized spacial score (nSPS) is 25.8. The molecule has 2 amide bonds. The van der Waals surface area contributed by atoms with Crippen molar-refractivity contribution in [3.8, 4) is 11.5 Å². The standard InChI is InChI=1S/C31H33NO8/c1-3-40-24-14-17(8-11-22(24)33)26-18-9-10-19-27(20(18)15-21-28(26)23(34)13-16(2)29(21)37)31(39)32(30(19)38)12-6-4-5-7-25(35)36/h8-9,11,13-14,19-20,26-27,33H,3-7,10,12,15H2,1-2H3,(H,35,36). The van der Waals surface area contributed by atoms with Crippen LogP contribution in [0.25, 0.3) is 0 Å². The Morgan fingerprint density at radius 1 is 1.07 bits per heavy atom. The first-order chi connectivity index (χ1) is 19.1. The van der Waals surface area contributed by atoms with Crippen molar-refractivity contribution in [1.82, 2.24) is 4.90 Å². The molecule has 4 unspecified atom stereocenters. The predicted molar refractivity (Wildman–Crippen MR) is 143 cm³/mol. The summed E-state index contributed by atoms with van der Waals surface area (Å²) < 4.78 is 5.60. The van der Waals surface area contributed by atoms with Crippen molar-refractivity contribution < 1.29 is 38.9 Å². The van der Waals surface area contributed by atoms with E-state index in [9.17, 15) is 29.1 Å². The number of ether oxygens (including phenoxy) is 1. The van der Waals surface area contributed by atoms with Crippen LogP contribution in [0.3, 0.4) is 0 Å². The molecule has 1 heterocycles. The summed E-state index contributed by atoms with van der Waals surface area (Å²) in [6.07, 6.45) is 5.51. The number of Topliss-reactive ketones (excluding diaryl/α,β-unsaturated/α-hetero) is 1. The number of aliphatic carboxylic acids is 1. The molecule has 4 aliphatic rings. The Bertz CT molecular complexity index is 1400. The van der Waals surface area contributed by atoms with E-state index in [4.69, 9.17) is 9.84 Å². The lowest BCUT2D eigenvalue weighted by Gasteiger charge is -2.42. The maximum atomic E-state index is 13.7. The number of ketones is 2. The summed E-state index contributed by atoms with van der Waals surface area (Å²) in [5, 5.41) is 19.2. The number of rotatable bonds is 9. The van der Waals surface area contributed by atoms with Gasteiger partial charge in [-0.2, -0.15) is 0 Å². The molecule has 0 aromatic heterocycles. The van der Waals surface area contributed by atoms with Crippen LogP contribution in [0.1, 0.15) is 63.9 Å². The summed E-state index contributed by atoms with van der Waals surface area (Å²) in [5.41, 5.74) is 2.63. The Morgan fingerprint density at radius 2 is 1.85 bits per heavy atom. The number of carboxylic acid groups (broad SMARTS) is 1. The zero-order valence-electron chi connectivity index (χ0n) is 22.6. The lowest BCUT2D eigenvalue weighted by atomic mass is 9.59. The zero-order chi connectivity index (χ0) is 28.7. The summed E-state index contributed by atoms with van der Waals surface area (Å²) >= 11 is 0. The number of fused-ring (bicyclic) bond motifs is 3. The number of allylic oxidation sites excluding steroid dienone is 6. The summed E-state index contributed by atoms with van der Waals surface area (Å²) in [6.45, 7) is 3.97. The lowest BCUT2D eigenvalue weighted by Crippen LogP contribution is -2.39. The van der Waals surface area contributed by atoms with E-state index in [2.05, 4.69) is 0 Å². The van der Waals surface area contributed by atoms with E-state index >= 15 is 0 Å². The number of imide groups is 1. The molecule has 9 nitrogen and oxygen atoms in total. The van der Waals surface area contributed by atoms with Crippen LogP contribution in [0.5, 0.6) is 11.5 Å². The first kappa shape index (κ1) is 27.6. The summed E-state index contributed by atoms with van der Waals surface area (Å²) in [4.78, 5) is 65.9. The highest BCUT2D eigenvalue weighted by molar-refractivity contribution is 6.23. The van der Waals surface area contributed by atoms with Crippen LogP contribution in [0.4, 0.5) is 0 Å². The second kappa shape index (κ2) is 10.9. The lowest BCUT2D eigenvalue weighted by molar-refractivity contribution is -0.141. The van der Waals surface area contributed by atoms with Gasteiger partial charge in [0.1, 0.15) is 0 Å². The fourth-order valence-electron chi connectivity index (χ4n) is 6.75. The second-order valence-electron chi connectivity index (χ2n) is 10.9. The van der Waals surface area contributed by atoms with Crippen molar-refractivity contribution in [2.45, 2.75) is 58.3 Å². The average molecular weight is 548 g/mol. The summed E-state index contributed by atoms with van der Waals surface area (Å²) in [6, 6.07) is 4.89. The van der Waals surface area contributed by atoms with Gasteiger partial charge < -0.3 is 14.9 Å². The maximum Gasteiger partial charge on any atom is 0.303 e. The number of aromatic hydroxyl groups is 1. The van der Waals surface area contributed by atoms with Crippen molar-refractivity contribution >= 4 is 29.4 Å². The number of unbranched alkanes of at least 4 members (excludes halogenated alkanes) is 2. The Kier molecular flexibility index (Phi) is 7.49. The third kappa shape index (κ3) is 4.67. The molecule has 1 aromatic carbocycles. The van der Waals surface area contributed by atoms with Gasteiger partial charge in [-0.05, 0) is 69.2 Å². The Hall–Kier alpha value is -4.01. The van der Waals surface area contributed by atoms with Gasteiger partial charge in [0.15, 0.2) is 23.1 Å². The topological polar surface area (TPSA) is 138 Å². The molecule has 3 aliphatic carbocycles. The summed E-state index contributed by atoms with van der Waals surface area (Å²) in [7, 11) is 0. The van der Waals surface area contributed by atoms with Crippen LogP contribution in [0.15, 0.2) is 52.6 Å². The number of likely N-dealkylation sites (tertiary alicyclic amines) is 1. The molecule has 0 spiro atoms. The smallest absolute Gasteiger partial charge is 0.303 e. The first-order valence-electron chi connectivity index (χ1n) is 13.9. The molecule has 40 heavy (non-hydrogen) atoms. The molecule has 0 radical (unpaired) electrons. The van der Waals surface area contributed by atoms with Crippen LogP contribution < -0.4 is 4.74 Å². The van der Waals surface area contributed by atoms with Crippen molar-refractivity contribution in [3.63, 3.8) is 0 Å². The number of phenolic OH excluding ortho intramolecular Hbond substituents is 1. The SMILES string of the molecule is CCOc1cc(C2C3=CCC4C(=O)N(CCCCCC(=O)O)C(=O)C4C3CC3=C2C(=O)C=C(C)C3=O)ccc1O. The first-order valence-corrected chi connectivity index (χ1v) is 13.9. The number of phenols is 1. The van der Waals surface area contributed by atoms with Crippen LogP contribution in [-0.2, 0) is 24.0 Å². The molecule has 0 bridgehead atoms. The molecule has 5 rings (SSSR count). The Morgan fingerprint density at radius 3 is 2.58 bits per heavy atom. The van der Waals surface area contributed by atoms with Gasteiger partial charge in [-0.25, -0.2) is 0 Å². The fourth-order valence-corrected chi connectivity index (χ4v) is 6.75. The van der Waals surface area contributed by atoms with Gasteiger partial charge in [-0.3, -0.25) is 28.9 Å². The largest absolute Gasteiger partial charge is 0.504 e. The van der Waals surface area contributed by atoms with E-state index in [1.165, 1.54) is 17.0 Å². The van der Waals surface area contributed by atoms with E-state index < -0.39 is 29.6 Å². The molecule has 210 valence electrons. The van der Waals surface area contributed by atoms with E-state index in [1.807, 2.05) is 6.08 Å². The number of carbonyl (C=O) groups excluding carboxylic acids is 4. The van der Waals surface area contributed by atoms with Gasteiger partial charge in [0, 0.05) is 35.6 Å². The van der Waals surface area contributed by atoms with E-state index in [-0.39, 0.29) is 54.3 Å². The van der Waals surface area contributed by atoms with Gasteiger partial charge in [0.2, 0.25) is 11.8 Å². The molecule has 4 atom stereocenters. The number of hydrogen-bond acceptors (Lipinski definition) is 7. The quantitative estimate of drug-likeness (QED) is 0.206. The molecule has 9 heteroatoms. The minimum atomic E-state index is -0.874. The van der Waals surface area contributed by atoms with Crippen molar-refractivity contribution in [2.24, 2.45) is 17.8 Å². The van der Waals surface area contributed by atoms with Gasteiger partial charge in [0.25, 0.3) is 0 Å². The monoisotopic (exact) mass is 547 g/mol. The van der Waals surface area contributed by atoms with Crippen LogP contribution in [-0.4, -0.2) is 57.6 Å². The Balaban J connectivity index is 1.51. The second-order valence-corrected chi connectivity index (χ2v) is 10.9. The third-order valence-corrected chi connectivity index (χ3v) is 8.54. The molecule has 2 N–H and O–H groups in total. The highest BCUT2D eigenvalue weighted by Gasteiger charge is 2.56. The number of nitrogens with zero attached hydrogens (tertiary/aromatic N) is 1. The van der Waals surface area contributed by atoms with Gasteiger partial charge in [0.05, 0.1) is 18.4 Å². The van der Waals surface area contributed by atoms with Gasteiger partial charge >= 0.3 is 5.97 Å². The third-order valence-electron chi connectivity index (χ3n) is 8.54. The van der Waals surface area contributed by atoms with Crippen LogP contribution in [0, 0.1) is 17.8 Å². The molecule has 1 fully saturated rings. The number of amides is 2. The zero-order valence-corrected chi connectivity index (χ0v) is 22.6. The number of carboxylic acids is 1. The maximum absolute atomic E-state index is 13.7. The molecular weight excluding hydrogens is 514 g/mol. The highest BCUT2D eigenvalue weighted by atomic mass is 16.5. The molecular formula is C31H33NO8. The number of hydrogen-bond donors (Lipinski definition) is 2. The minimum absolute atomic E-state index is 0.0396. The van der Waals surface area contributed by atoms with Crippen molar-refractivity contribution in [2.75, 3.05) is 13.2 Å². The fraction of sp³-hybridized carbons (Fsp3) is 0.452. The Labute approximate surface area is 232 Å². The average Bonchev–Trinajstić information content (AvgIpc) is 3.16. The molecule has 1 aliphatic heterocycles. The summed E-state index contributed by atoms with van der Waals surface area (Å²) in [5.74, 6) is -3.83. The molecule has 1 aromatic rings. The number of carbonyl (C=O) groups is 5. The highest BCUT2D eigenvalue weighted by Crippen LogP contribution is 2.55. The van der Waals surface area contributed by atoms with Crippen molar-refractivity contribution in [1.29, 1.82) is 0 Å². The molecule has 1 saturated heterocycles. The van der Waals surface area contributed by atoms with Crippen LogP contribution in [0.2, 0.25) is 0 Å². The number of benzene rings is 1. The van der Waals surface area contributed by atoms with Crippen LogP contribution >= 0.6 is 0 Å². The van der Waals surface area contributed by atoms with Gasteiger partial charge in [-0.15, -0.1) is 0 Å². The predicted octanol–water partition coefficient (Wildman–Crippen LogP) is 3.87.